The number of likely N-dealkylation sites (N-methyl/N-ethyl adjacent to an activating group) is 1. The van der Waals surface area contributed by atoms with Crippen molar-refractivity contribution >= 4 is 12.1 Å². The molecular formula is C56H104N2O4. The lowest BCUT2D eigenvalue weighted by Gasteiger charge is -2.61. The van der Waals surface area contributed by atoms with Crippen LogP contribution in [-0.2, 0) is 14.3 Å². The van der Waals surface area contributed by atoms with Crippen LogP contribution < -0.4 is 0 Å². The Bertz CT molecular complexity index is 1220. The van der Waals surface area contributed by atoms with E-state index in [9.17, 15) is 9.59 Å². The standard InChI is InChI=1S/C56H104N2O4/c1-9-10-11-12-13-14-15-16-17-18-19-20-21-22-23-26-40-58(54(60)61-43-42-57(7)8)41-27-24-25-31-53(59)62-48-36-38-55(5)47(44-48)32-33-49-51-35-34-50(46(4)30-28-29-45(2)3)56(51,6)39-37-52(49)55/h45-52H,9-44H2,1-8H3. The van der Waals surface area contributed by atoms with Gasteiger partial charge in [-0.15, -0.1) is 0 Å². The summed E-state index contributed by atoms with van der Waals surface area (Å²) >= 11 is 0. The van der Waals surface area contributed by atoms with E-state index in [-0.39, 0.29) is 18.2 Å². The van der Waals surface area contributed by atoms with Crippen LogP contribution in [0.1, 0.15) is 247 Å². The second kappa shape index (κ2) is 28.7. The van der Waals surface area contributed by atoms with Crippen molar-refractivity contribution in [3.05, 3.63) is 0 Å². The molecule has 0 aliphatic heterocycles. The van der Waals surface area contributed by atoms with Gasteiger partial charge < -0.3 is 19.3 Å². The molecule has 4 aliphatic carbocycles. The highest BCUT2D eigenvalue weighted by molar-refractivity contribution is 5.69. The van der Waals surface area contributed by atoms with E-state index in [2.05, 4.69) is 46.4 Å². The van der Waals surface area contributed by atoms with Crippen molar-refractivity contribution in [3.63, 3.8) is 0 Å². The summed E-state index contributed by atoms with van der Waals surface area (Å²) in [6.45, 7) is 17.6. The van der Waals surface area contributed by atoms with Crippen molar-refractivity contribution in [2.45, 2.75) is 253 Å². The summed E-state index contributed by atoms with van der Waals surface area (Å²) in [6, 6.07) is 0. The SMILES string of the molecule is CCCCCCCCCCCCCCCCCCN(CCCCCC(=O)OC1CCC2(C)C(CCC3C2CCC2(C)C(C(C)CCCC(C)C)CCC32)C1)C(=O)OCCN(C)C. The molecule has 0 spiro atoms. The van der Waals surface area contributed by atoms with Gasteiger partial charge >= 0.3 is 12.1 Å². The molecule has 0 aromatic heterocycles. The van der Waals surface area contributed by atoms with Gasteiger partial charge in [0.1, 0.15) is 12.7 Å². The van der Waals surface area contributed by atoms with Gasteiger partial charge in [-0.3, -0.25) is 4.79 Å². The summed E-state index contributed by atoms with van der Waals surface area (Å²) in [4.78, 5) is 30.2. The van der Waals surface area contributed by atoms with Crippen molar-refractivity contribution in [2.75, 3.05) is 40.3 Å². The number of rotatable bonds is 32. The highest BCUT2D eigenvalue weighted by Crippen LogP contribution is 2.68. The Morgan fingerprint density at radius 1 is 0.613 bits per heavy atom. The van der Waals surface area contributed by atoms with Gasteiger partial charge in [0.05, 0.1) is 0 Å². The number of hydrogen-bond donors (Lipinski definition) is 0. The molecular weight excluding hydrogens is 765 g/mol. The maximum atomic E-state index is 13.2. The number of esters is 1. The molecule has 4 rings (SSSR count). The van der Waals surface area contributed by atoms with Gasteiger partial charge in [0.25, 0.3) is 0 Å². The number of nitrogens with zero attached hydrogens (tertiary/aromatic N) is 2. The van der Waals surface area contributed by atoms with Gasteiger partial charge in [0.15, 0.2) is 0 Å². The molecule has 362 valence electrons. The monoisotopic (exact) mass is 869 g/mol. The molecule has 6 heteroatoms. The average Bonchev–Trinajstić information content (AvgIpc) is 3.59. The zero-order chi connectivity index (χ0) is 44.8. The summed E-state index contributed by atoms with van der Waals surface area (Å²) < 4.78 is 11.9. The quantitative estimate of drug-likeness (QED) is 0.0498. The zero-order valence-corrected chi connectivity index (χ0v) is 42.6. The predicted molar refractivity (Wildman–Crippen MR) is 262 cm³/mol. The van der Waals surface area contributed by atoms with Gasteiger partial charge in [0.2, 0.25) is 0 Å². The molecule has 9 atom stereocenters. The molecule has 0 heterocycles. The van der Waals surface area contributed by atoms with E-state index in [4.69, 9.17) is 9.47 Å². The van der Waals surface area contributed by atoms with Gasteiger partial charge in [-0.05, 0) is 143 Å². The fraction of sp³-hybridized carbons (Fsp3) is 0.964. The van der Waals surface area contributed by atoms with Crippen LogP contribution in [0.25, 0.3) is 0 Å². The molecule has 4 fully saturated rings. The molecule has 1 amide bonds. The van der Waals surface area contributed by atoms with E-state index in [1.807, 2.05) is 19.0 Å². The van der Waals surface area contributed by atoms with Crippen LogP contribution in [0.2, 0.25) is 0 Å². The van der Waals surface area contributed by atoms with Gasteiger partial charge in [-0.2, -0.15) is 0 Å². The van der Waals surface area contributed by atoms with Crippen LogP contribution in [0.4, 0.5) is 4.79 Å². The minimum absolute atomic E-state index is 0.00616. The number of unbranched alkanes of at least 4 members (excludes halogenated alkanes) is 17. The van der Waals surface area contributed by atoms with Crippen LogP contribution in [0.5, 0.6) is 0 Å². The Morgan fingerprint density at radius 3 is 1.77 bits per heavy atom. The van der Waals surface area contributed by atoms with Crippen molar-refractivity contribution in [1.82, 2.24) is 9.80 Å². The van der Waals surface area contributed by atoms with Crippen LogP contribution in [0, 0.1) is 52.3 Å². The first-order valence-corrected chi connectivity index (χ1v) is 27.6. The number of hydrogen-bond acceptors (Lipinski definition) is 5. The largest absolute Gasteiger partial charge is 0.462 e. The van der Waals surface area contributed by atoms with E-state index in [1.165, 1.54) is 161 Å². The number of ether oxygens (including phenoxy) is 2. The van der Waals surface area contributed by atoms with Crippen molar-refractivity contribution in [3.8, 4) is 0 Å². The van der Waals surface area contributed by atoms with Gasteiger partial charge in [-0.1, -0.05) is 164 Å². The maximum Gasteiger partial charge on any atom is 0.409 e. The number of carbonyl (C=O) groups is 2. The van der Waals surface area contributed by atoms with Gasteiger partial charge in [-0.25, -0.2) is 4.79 Å². The number of carbonyl (C=O) groups excluding carboxylic acids is 2. The Morgan fingerprint density at radius 2 is 1.18 bits per heavy atom. The average molecular weight is 869 g/mol. The number of fused-ring (bicyclic) bond motifs is 5. The van der Waals surface area contributed by atoms with Crippen LogP contribution in [0.15, 0.2) is 0 Å². The van der Waals surface area contributed by atoms with Crippen molar-refractivity contribution in [2.24, 2.45) is 52.3 Å². The van der Waals surface area contributed by atoms with Crippen LogP contribution >= 0.6 is 0 Å². The highest BCUT2D eigenvalue weighted by atomic mass is 16.6. The zero-order valence-electron chi connectivity index (χ0n) is 42.6. The third kappa shape index (κ3) is 17.2. The summed E-state index contributed by atoms with van der Waals surface area (Å²) in [7, 11) is 4.02. The topological polar surface area (TPSA) is 59.1 Å². The fourth-order valence-electron chi connectivity index (χ4n) is 13.9. The third-order valence-corrected chi connectivity index (χ3v) is 17.7. The molecule has 9 unspecified atom stereocenters. The maximum absolute atomic E-state index is 13.2. The Hall–Kier alpha value is -1.30. The Balaban J connectivity index is 1.09. The normalized spacial score (nSPS) is 28.7. The first-order chi connectivity index (χ1) is 29.9. The van der Waals surface area contributed by atoms with E-state index < -0.39 is 0 Å². The molecule has 0 N–H and O–H groups in total. The molecule has 0 saturated heterocycles. The van der Waals surface area contributed by atoms with Crippen molar-refractivity contribution < 1.29 is 19.1 Å². The van der Waals surface area contributed by atoms with E-state index in [0.717, 1.165) is 87.1 Å². The molecule has 4 aliphatic rings. The molecule has 4 saturated carbocycles. The predicted octanol–water partition coefficient (Wildman–Crippen LogP) is 15.8. The second-order valence-corrected chi connectivity index (χ2v) is 23.1. The minimum atomic E-state index is -0.178. The lowest BCUT2D eigenvalue weighted by atomic mass is 9.44. The second-order valence-electron chi connectivity index (χ2n) is 23.1. The highest BCUT2D eigenvalue weighted by Gasteiger charge is 2.60. The molecule has 0 aromatic rings. The summed E-state index contributed by atoms with van der Waals surface area (Å²) in [5.74, 6) is 6.00. The smallest absolute Gasteiger partial charge is 0.409 e. The summed E-state index contributed by atoms with van der Waals surface area (Å²) in [5, 5.41) is 0. The van der Waals surface area contributed by atoms with Crippen LogP contribution in [-0.4, -0.2) is 68.3 Å². The first-order valence-electron chi connectivity index (χ1n) is 27.6. The molecule has 62 heavy (non-hydrogen) atoms. The number of amides is 1. The Kier molecular flexibility index (Phi) is 24.7. The van der Waals surface area contributed by atoms with E-state index in [1.54, 1.807) is 0 Å². The van der Waals surface area contributed by atoms with E-state index in [0.29, 0.717) is 36.3 Å². The molecule has 0 radical (unpaired) electrons. The molecule has 0 aromatic carbocycles. The van der Waals surface area contributed by atoms with E-state index >= 15 is 0 Å². The lowest BCUT2D eigenvalue weighted by molar-refractivity contribution is -0.162. The Labute approximate surface area is 385 Å². The third-order valence-electron chi connectivity index (χ3n) is 17.7. The summed E-state index contributed by atoms with van der Waals surface area (Å²) in [6.07, 6.45) is 40.7. The molecule has 6 nitrogen and oxygen atoms in total. The van der Waals surface area contributed by atoms with Gasteiger partial charge in [0, 0.05) is 26.1 Å². The van der Waals surface area contributed by atoms with Crippen LogP contribution in [0.3, 0.4) is 0 Å². The summed E-state index contributed by atoms with van der Waals surface area (Å²) in [5.41, 5.74) is 0.965. The van der Waals surface area contributed by atoms with Crippen molar-refractivity contribution in [1.29, 1.82) is 0 Å². The lowest BCUT2D eigenvalue weighted by Crippen LogP contribution is -2.54. The first kappa shape index (κ1) is 53.3. The minimum Gasteiger partial charge on any atom is -0.462 e. The fourth-order valence-corrected chi connectivity index (χ4v) is 13.9. The molecule has 0 bridgehead atoms.